The van der Waals surface area contributed by atoms with Crippen molar-refractivity contribution in [3.05, 3.63) is 35.3 Å². The number of hydrogen-bond donors (Lipinski definition) is 2. The number of nitrogens with zero attached hydrogens (tertiary/aromatic N) is 2. The summed E-state index contributed by atoms with van der Waals surface area (Å²) >= 11 is 6.24. The first-order valence-electron chi connectivity index (χ1n) is 11.2. The van der Waals surface area contributed by atoms with E-state index >= 15 is 0 Å². The molecule has 31 heavy (non-hydrogen) atoms. The first-order chi connectivity index (χ1) is 14.9. The zero-order chi connectivity index (χ0) is 22.0. The predicted molar refractivity (Wildman–Crippen MR) is 117 cm³/mol. The lowest BCUT2D eigenvalue weighted by Gasteiger charge is -2.38. The molecule has 2 saturated carbocycles. The maximum Gasteiger partial charge on any atom is 0.219 e. The van der Waals surface area contributed by atoms with Crippen molar-refractivity contribution in [2.24, 2.45) is 11.1 Å². The molecule has 1 spiro atoms. The number of rotatable bonds is 5. The number of hydrogen-bond acceptors (Lipinski definition) is 6. The highest BCUT2D eigenvalue weighted by Crippen LogP contribution is 2.45. The van der Waals surface area contributed by atoms with Crippen LogP contribution in [0.5, 0.6) is 5.88 Å². The number of carbonyl (C=O) groups excluding carboxylic acids is 2. The summed E-state index contributed by atoms with van der Waals surface area (Å²) in [5.41, 5.74) is 6.12. The molecule has 2 heterocycles. The van der Waals surface area contributed by atoms with Crippen LogP contribution in [0.25, 0.3) is 5.70 Å². The molecule has 3 atom stereocenters. The fourth-order valence-corrected chi connectivity index (χ4v) is 5.37. The highest BCUT2D eigenvalue weighted by atomic mass is 35.5. The van der Waals surface area contributed by atoms with Gasteiger partial charge in [0.1, 0.15) is 17.0 Å². The van der Waals surface area contributed by atoms with Crippen molar-refractivity contribution < 1.29 is 19.6 Å². The van der Waals surface area contributed by atoms with Gasteiger partial charge >= 0.3 is 0 Å². The average Bonchev–Trinajstić information content (AvgIpc) is 3.30. The topological polar surface area (TPSA) is 112 Å². The van der Waals surface area contributed by atoms with Crippen molar-refractivity contribution >= 4 is 28.9 Å². The van der Waals surface area contributed by atoms with Gasteiger partial charge in [-0.05, 0) is 38.2 Å². The highest BCUT2D eigenvalue weighted by molar-refractivity contribution is 6.29. The number of Topliss-reactive ketones (excluding diaryl/α,β-unsaturated/α-hetero) is 2. The van der Waals surface area contributed by atoms with Crippen LogP contribution in [-0.4, -0.2) is 40.2 Å². The fraction of sp³-hybridized carbons (Fsp3) is 0.565. The Kier molecular flexibility index (Phi) is 6.44. The summed E-state index contributed by atoms with van der Waals surface area (Å²) in [6, 6.07) is 1.83. The molecule has 0 bridgehead atoms. The van der Waals surface area contributed by atoms with Crippen LogP contribution in [0.1, 0.15) is 63.6 Å². The zero-order valence-corrected chi connectivity index (χ0v) is 18.5. The van der Waals surface area contributed by atoms with E-state index in [1.807, 2.05) is 0 Å². The van der Waals surface area contributed by atoms with Crippen molar-refractivity contribution in [3.8, 4) is 5.88 Å². The van der Waals surface area contributed by atoms with E-state index in [2.05, 4.69) is 21.9 Å². The molecule has 4 rings (SSSR count). The molecule has 0 unspecified atom stereocenters. The van der Waals surface area contributed by atoms with Crippen LogP contribution >= 0.6 is 11.6 Å². The summed E-state index contributed by atoms with van der Waals surface area (Å²) in [5.74, 6) is 0.364. The third-order valence-electron chi connectivity index (χ3n) is 6.89. The Hall–Kier alpha value is -2.25. The van der Waals surface area contributed by atoms with E-state index in [1.54, 1.807) is 12.1 Å². The van der Waals surface area contributed by atoms with Crippen molar-refractivity contribution in [2.75, 3.05) is 6.54 Å². The van der Waals surface area contributed by atoms with Crippen molar-refractivity contribution in [2.45, 2.75) is 69.9 Å². The van der Waals surface area contributed by atoms with Crippen LogP contribution in [0.4, 0.5) is 0 Å². The normalized spacial score (nSPS) is 29.1. The van der Waals surface area contributed by atoms with Crippen molar-refractivity contribution in [1.29, 1.82) is 0 Å². The maximum absolute atomic E-state index is 13.4. The number of aromatic nitrogens is 2. The van der Waals surface area contributed by atoms with Gasteiger partial charge in [-0.1, -0.05) is 24.6 Å². The summed E-state index contributed by atoms with van der Waals surface area (Å²) in [7, 11) is 0. The number of allylic oxidation sites excluding steroid dienone is 1. The molecule has 0 amide bonds. The van der Waals surface area contributed by atoms with Gasteiger partial charge in [0.2, 0.25) is 5.88 Å². The van der Waals surface area contributed by atoms with Crippen LogP contribution in [0, 0.1) is 5.41 Å². The molecule has 1 aromatic heterocycles. The fourth-order valence-electron chi connectivity index (χ4n) is 5.20. The van der Waals surface area contributed by atoms with Gasteiger partial charge < -0.3 is 15.8 Å². The molecule has 3 aliphatic rings. The predicted octanol–water partition coefficient (Wildman–Crippen LogP) is 2.34. The Labute approximate surface area is 187 Å². The van der Waals surface area contributed by atoms with Gasteiger partial charge in [0.25, 0.3) is 0 Å². The quantitative estimate of drug-likeness (QED) is 0.311. The molecular weight excluding hydrogens is 416 g/mol. The Morgan fingerprint density at radius 3 is 2.77 bits per heavy atom. The first kappa shape index (κ1) is 22.0. The van der Waals surface area contributed by atoms with E-state index in [1.165, 1.54) is 0 Å². The van der Waals surface area contributed by atoms with Gasteiger partial charge in [0.05, 0.1) is 17.7 Å². The third-order valence-corrected chi connectivity index (χ3v) is 7.08. The molecule has 166 valence electrons. The minimum absolute atomic E-state index is 0.0476. The number of carbonyl (C=O) groups is 2. The summed E-state index contributed by atoms with van der Waals surface area (Å²) in [6.45, 7) is 4.95. The molecule has 0 radical (unpaired) electrons. The molecule has 1 aromatic rings. The van der Waals surface area contributed by atoms with Gasteiger partial charge in [-0.3, -0.25) is 9.59 Å². The second-order valence-electron chi connectivity index (χ2n) is 8.79. The second-order valence-corrected chi connectivity index (χ2v) is 9.18. The van der Waals surface area contributed by atoms with E-state index < -0.39 is 5.41 Å². The van der Waals surface area contributed by atoms with E-state index in [4.69, 9.17) is 22.1 Å². The highest BCUT2D eigenvalue weighted by Gasteiger charge is 2.49. The Morgan fingerprint density at radius 2 is 2.06 bits per heavy atom. The van der Waals surface area contributed by atoms with Gasteiger partial charge in [-0.15, -0.1) is 0 Å². The van der Waals surface area contributed by atoms with Crippen molar-refractivity contribution in [1.82, 2.24) is 9.97 Å². The molecule has 8 heteroatoms. The SMILES string of the molecule is C=C[C@H](Oc1cc(Cl)nc(/C(N)=C2\CCC[C@@]3(CCCCC3=O)C2=O)n1)[C@@H]1CCC[NH2+]1. The lowest BCUT2D eigenvalue weighted by Crippen LogP contribution is -2.89. The number of halogens is 1. The summed E-state index contributed by atoms with van der Waals surface area (Å²) < 4.78 is 6.06. The summed E-state index contributed by atoms with van der Waals surface area (Å²) in [5, 5.41) is 2.43. The van der Waals surface area contributed by atoms with Gasteiger partial charge in [-0.25, -0.2) is 4.98 Å². The zero-order valence-electron chi connectivity index (χ0n) is 17.7. The lowest BCUT2D eigenvalue weighted by molar-refractivity contribution is -0.674. The van der Waals surface area contributed by atoms with E-state index in [-0.39, 0.29) is 40.4 Å². The molecule has 7 nitrogen and oxygen atoms in total. The molecule has 2 aliphatic carbocycles. The minimum atomic E-state index is -0.916. The van der Waals surface area contributed by atoms with Crippen LogP contribution in [0.3, 0.4) is 0 Å². The molecule has 1 saturated heterocycles. The molecule has 0 aromatic carbocycles. The van der Waals surface area contributed by atoms with Crippen molar-refractivity contribution in [3.63, 3.8) is 0 Å². The number of quaternary nitrogens is 1. The average molecular weight is 446 g/mol. The summed E-state index contributed by atoms with van der Waals surface area (Å²) in [4.78, 5) is 34.8. The number of ketones is 2. The molecule has 3 fully saturated rings. The largest absolute Gasteiger partial charge is 0.464 e. The molecular formula is C23H30ClN4O3+. The van der Waals surface area contributed by atoms with E-state index in [0.717, 1.165) is 38.6 Å². The Morgan fingerprint density at radius 1 is 1.26 bits per heavy atom. The Bertz CT molecular complexity index is 921. The smallest absolute Gasteiger partial charge is 0.219 e. The van der Waals surface area contributed by atoms with Gasteiger partial charge in [0.15, 0.2) is 17.7 Å². The third kappa shape index (κ3) is 4.26. The number of ether oxygens (including phenoxy) is 1. The van der Waals surface area contributed by atoms with Crippen LogP contribution in [0.15, 0.2) is 24.3 Å². The Balaban J connectivity index is 1.63. The standard InChI is InChI=1S/C23H29ClN4O3/c1-2-16(15-8-6-12-26-15)31-19-13-18(24)27-22(28-19)20(25)14-7-5-11-23(21(14)30)10-4-3-9-17(23)29/h2,13,15-16,26H,1,3-12,25H2/p+1/b20-14-/t15-,16-,23+/m0/s1. The summed E-state index contributed by atoms with van der Waals surface area (Å²) in [6.07, 6.45) is 8.39. The van der Waals surface area contributed by atoms with Crippen LogP contribution in [-0.2, 0) is 9.59 Å². The van der Waals surface area contributed by atoms with E-state index in [0.29, 0.717) is 37.1 Å². The van der Waals surface area contributed by atoms with Gasteiger partial charge in [0, 0.05) is 30.9 Å². The molecule has 1 aliphatic heterocycles. The van der Waals surface area contributed by atoms with Gasteiger partial charge in [-0.2, -0.15) is 4.98 Å². The van der Waals surface area contributed by atoms with E-state index in [9.17, 15) is 9.59 Å². The minimum Gasteiger partial charge on any atom is -0.464 e. The number of nitrogens with two attached hydrogens (primary N) is 2. The monoisotopic (exact) mass is 445 g/mol. The van der Waals surface area contributed by atoms with Crippen LogP contribution < -0.4 is 15.8 Å². The lowest BCUT2D eigenvalue weighted by atomic mass is 9.62. The van der Waals surface area contributed by atoms with Crippen LogP contribution in [0.2, 0.25) is 5.15 Å². The molecule has 4 N–H and O–H groups in total. The second kappa shape index (κ2) is 9.09. The maximum atomic E-state index is 13.4. The first-order valence-corrected chi connectivity index (χ1v) is 11.6.